The van der Waals surface area contributed by atoms with Gasteiger partial charge in [-0.15, -0.1) is 0 Å². The van der Waals surface area contributed by atoms with Gasteiger partial charge < -0.3 is 0 Å². The highest BCUT2D eigenvalue weighted by atomic mass is 35.5. The van der Waals surface area contributed by atoms with E-state index in [0.717, 1.165) is 17.7 Å². The van der Waals surface area contributed by atoms with Gasteiger partial charge in [-0.05, 0) is 23.6 Å². The van der Waals surface area contributed by atoms with E-state index < -0.39 is 0 Å². The minimum Gasteiger partial charge on any atom is -0.265 e. The molecule has 0 aliphatic heterocycles. The Kier molecular flexibility index (Phi) is 3.69. The van der Waals surface area contributed by atoms with Crippen molar-refractivity contribution >= 4 is 11.6 Å². The highest BCUT2D eigenvalue weighted by Gasteiger charge is 2.13. The SMILES string of the molecule is CC(C)c1c(Cl)ncnc1Cc1ccncc1. The number of hydrogen-bond donors (Lipinski definition) is 0. The quantitative estimate of drug-likeness (QED) is 0.782. The number of hydrogen-bond acceptors (Lipinski definition) is 3. The van der Waals surface area contributed by atoms with E-state index in [4.69, 9.17) is 11.6 Å². The molecule has 0 aliphatic rings. The van der Waals surface area contributed by atoms with Crippen molar-refractivity contribution in [1.82, 2.24) is 15.0 Å². The average molecular weight is 248 g/mol. The molecule has 0 radical (unpaired) electrons. The molecule has 2 heterocycles. The third kappa shape index (κ3) is 2.80. The summed E-state index contributed by atoms with van der Waals surface area (Å²) in [6.07, 6.45) is 5.85. The van der Waals surface area contributed by atoms with Gasteiger partial charge in [0.15, 0.2) is 0 Å². The van der Waals surface area contributed by atoms with E-state index in [1.165, 1.54) is 11.9 Å². The minimum atomic E-state index is 0.320. The number of aromatic nitrogens is 3. The van der Waals surface area contributed by atoms with Crippen LogP contribution in [0.4, 0.5) is 0 Å². The van der Waals surface area contributed by atoms with E-state index in [0.29, 0.717) is 11.1 Å². The van der Waals surface area contributed by atoms with Crippen molar-refractivity contribution in [2.24, 2.45) is 0 Å². The summed E-state index contributed by atoms with van der Waals surface area (Å²) in [5, 5.41) is 0.555. The highest BCUT2D eigenvalue weighted by molar-refractivity contribution is 6.30. The molecular weight excluding hydrogens is 234 g/mol. The highest BCUT2D eigenvalue weighted by Crippen LogP contribution is 2.25. The van der Waals surface area contributed by atoms with Crippen LogP contribution in [0.1, 0.15) is 36.6 Å². The van der Waals surface area contributed by atoms with Gasteiger partial charge in [-0.3, -0.25) is 4.98 Å². The molecule has 4 heteroatoms. The van der Waals surface area contributed by atoms with Gasteiger partial charge in [-0.2, -0.15) is 0 Å². The molecule has 0 aromatic carbocycles. The zero-order valence-corrected chi connectivity index (χ0v) is 10.6. The molecule has 0 spiro atoms. The second-order valence-corrected chi connectivity index (χ2v) is 4.57. The zero-order chi connectivity index (χ0) is 12.3. The molecule has 2 aromatic rings. The molecule has 2 aromatic heterocycles. The van der Waals surface area contributed by atoms with Crippen molar-refractivity contribution in [3.05, 3.63) is 52.8 Å². The van der Waals surface area contributed by atoms with Gasteiger partial charge in [-0.25, -0.2) is 9.97 Å². The number of rotatable bonds is 3. The van der Waals surface area contributed by atoms with Crippen molar-refractivity contribution in [1.29, 1.82) is 0 Å². The predicted octanol–water partition coefficient (Wildman–Crippen LogP) is 3.24. The largest absolute Gasteiger partial charge is 0.265 e. The normalized spacial score (nSPS) is 10.8. The lowest BCUT2D eigenvalue weighted by molar-refractivity contribution is 0.815. The summed E-state index contributed by atoms with van der Waals surface area (Å²) in [7, 11) is 0. The Bertz CT molecular complexity index is 497. The number of pyridine rings is 1. The van der Waals surface area contributed by atoms with E-state index in [9.17, 15) is 0 Å². The standard InChI is InChI=1S/C13H14ClN3/c1-9(2)12-11(16-8-17-13(12)14)7-10-3-5-15-6-4-10/h3-6,8-9H,7H2,1-2H3. The van der Waals surface area contributed by atoms with Crippen LogP contribution >= 0.6 is 11.6 Å². The lowest BCUT2D eigenvalue weighted by Gasteiger charge is -2.12. The van der Waals surface area contributed by atoms with Gasteiger partial charge in [0.25, 0.3) is 0 Å². The van der Waals surface area contributed by atoms with Crippen LogP contribution in [0.5, 0.6) is 0 Å². The van der Waals surface area contributed by atoms with E-state index in [2.05, 4.69) is 28.8 Å². The first-order valence-electron chi connectivity index (χ1n) is 5.56. The molecule has 0 N–H and O–H groups in total. The summed E-state index contributed by atoms with van der Waals surface area (Å²) < 4.78 is 0. The second-order valence-electron chi connectivity index (χ2n) is 4.21. The van der Waals surface area contributed by atoms with Gasteiger partial charge >= 0.3 is 0 Å². The zero-order valence-electron chi connectivity index (χ0n) is 9.89. The predicted molar refractivity (Wildman–Crippen MR) is 68.2 cm³/mol. The maximum Gasteiger partial charge on any atom is 0.136 e. The number of halogens is 1. The fourth-order valence-corrected chi connectivity index (χ4v) is 2.18. The monoisotopic (exact) mass is 247 g/mol. The van der Waals surface area contributed by atoms with Gasteiger partial charge in [0, 0.05) is 24.4 Å². The van der Waals surface area contributed by atoms with E-state index >= 15 is 0 Å². The summed E-state index contributed by atoms with van der Waals surface area (Å²) in [4.78, 5) is 12.4. The van der Waals surface area contributed by atoms with Crippen molar-refractivity contribution in [3.63, 3.8) is 0 Å². The Hall–Kier alpha value is -1.48. The summed E-state index contributed by atoms with van der Waals surface area (Å²) in [6.45, 7) is 4.20. The summed E-state index contributed by atoms with van der Waals surface area (Å²) in [5.41, 5.74) is 3.20. The first-order chi connectivity index (χ1) is 8.18. The van der Waals surface area contributed by atoms with Crippen molar-refractivity contribution in [2.75, 3.05) is 0 Å². The lowest BCUT2D eigenvalue weighted by Crippen LogP contribution is -2.03. The molecule has 0 saturated heterocycles. The molecule has 0 saturated carbocycles. The summed E-state index contributed by atoms with van der Waals surface area (Å²) >= 11 is 6.13. The van der Waals surface area contributed by atoms with Crippen LogP contribution in [0.25, 0.3) is 0 Å². The summed E-state index contributed by atoms with van der Waals surface area (Å²) in [6, 6.07) is 3.97. The molecule has 0 bridgehead atoms. The van der Waals surface area contributed by atoms with E-state index in [1.54, 1.807) is 12.4 Å². The Morgan fingerprint density at radius 1 is 1.18 bits per heavy atom. The maximum atomic E-state index is 6.13. The second kappa shape index (κ2) is 5.23. The molecule has 0 unspecified atom stereocenters. The molecule has 0 fully saturated rings. The molecule has 0 amide bonds. The minimum absolute atomic E-state index is 0.320. The smallest absolute Gasteiger partial charge is 0.136 e. The molecule has 17 heavy (non-hydrogen) atoms. The topological polar surface area (TPSA) is 38.7 Å². The van der Waals surface area contributed by atoms with Crippen molar-refractivity contribution in [2.45, 2.75) is 26.2 Å². The van der Waals surface area contributed by atoms with Crippen LogP contribution in [0.15, 0.2) is 30.9 Å². The fourth-order valence-electron chi connectivity index (χ4n) is 1.81. The van der Waals surface area contributed by atoms with Crippen LogP contribution in [-0.4, -0.2) is 15.0 Å². The third-order valence-corrected chi connectivity index (χ3v) is 2.92. The molecule has 2 rings (SSSR count). The van der Waals surface area contributed by atoms with Gasteiger partial charge in [0.05, 0.1) is 5.69 Å². The maximum absolute atomic E-state index is 6.13. The first kappa shape index (κ1) is 12.0. The fraction of sp³-hybridized carbons (Fsp3) is 0.308. The van der Waals surface area contributed by atoms with Gasteiger partial charge in [0.2, 0.25) is 0 Å². The van der Waals surface area contributed by atoms with Crippen LogP contribution in [-0.2, 0) is 6.42 Å². The molecule has 3 nitrogen and oxygen atoms in total. The molecular formula is C13H14ClN3. The van der Waals surface area contributed by atoms with Crippen molar-refractivity contribution in [3.8, 4) is 0 Å². The number of nitrogens with zero attached hydrogens (tertiary/aromatic N) is 3. The van der Waals surface area contributed by atoms with E-state index in [1.807, 2.05) is 12.1 Å². The molecule has 0 atom stereocenters. The van der Waals surface area contributed by atoms with Crippen LogP contribution in [0.2, 0.25) is 5.15 Å². The Morgan fingerprint density at radius 3 is 2.53 bits per heavy atom. The Morgan fingerprint density at radius 2 is 1.88 bits per heavy atom. The Balaban J connectivity index is 2.36. The van der Waals surface area contributed by atoms with Crippen LogP contribution in [0, 0.1) is 0 Å². The van der Waals surface area contributed by atoms with Gasteiger partial charge in [-0.1, -0.05) is 25.4 Å². The Labute approximate surface area is 106 Å². The lowest BCUT2D eigenvalue weighted by atomic mass is 9.99. The van der Waals surface area contributed by atoms with Crippen molar-refractivity contribution < 1.29 is 0 Å². The molecule has 0 aliphatic carbocycles. The summed E-state index contributed by atoms with van der Waals surface area (Å²) in [5.74, 6) is 0.320. The first-order valence-corrected chi connectivity index (χ1v) is 5.94. The third-order valence-electron chi connectivity index (χ3n) is 2.62. The molecule has 88 valence electrons. The van der Waals surface area contributed by atoms with E-state index in [-0.39, 0.29) is 0 Å². The average Bonchev–Trinajstić information content (AvgIpc) is 2.30. The van der Waals surface area contributed by atoms with Gasteiger partial charge in [0.1, 0.15) is 11.5 Å². The van der Waals surface area contributed by atoms with Crippen LogP contribution < -0.4 is 0 Å². The van der Waals surface area contributed by atoms with Crippen LogP contribution in [0.3, 0.4) is 0 Å².